The normalized spacial score (nSPS) is 15.5. The van der Waals surface area contributed by atoms with Gasteiger partial charge in [-0.1, -0.05) is 24.3 Å². The Morgan fingerprint density at radius 1 is 1.20 bits per heavy atom. The van der Waals surface area contributed by atoms with Gasteiger partial charge < -0.3 is 10.1 Å². The van der Waals surface area contributed by atoms with Gasteiger partial charge in [0.1, 0.15) is 5.82 Å². The number of non-ortho nitro benzene ring substituents is 1. The van der Waals surface area contributed by atoms with Crippen molar-refractivity contribution in [2.24, 2.45) is 0 Å². The number of rotatable bonds is 5. The Kier molecular flexibility index (Phi) is 5.56. The van der Waals surface area contributed by atoms with Crippen molar-refractivity contribution >= 4 is 28.1 Å². The van der Waals surface area contributed by atoms with E-state index in [-0.39, 0.29) is 17.4 Å². The van der Waals surface area contributed by atoms with E-state index in [4.69, 9.17) is 4.74 Å². The first-order chi connectivity index (χ1) is 14.5. The summed E-state index contributed by atoms with van der Waals surface area (Å²) in [5, 5.41) is 16.0. The van der Waals surface area contributed by atoms with Gasteiger partial charge in [0.05, 0.1) is 16.0 Å². The largest absolute Gasteiger partial charge is 0.381 e. The fourth-order valence-corrected chi connectivity index (χ4v) is 4.31. The highest BCUT2D eigenvalue weighted by Gasteiger charge is 2.42. The molecule has 0 radical (unpaired) electrons. The van der Waals surface area contributed by atoms with Crippen LogP contribution in [-0.2, 0) is 14.9 Å². The lowest BCUT2D eigenvalue weighted by Crippen LogP contribution is -2.44. The molecule has 154 valence electrons. The molecular formula is C21H18FN3O4S. The quantitative estimate of drug-likeness (QED) is 0.476. The molecular weight excluding hydrogens is 409 g/mol. The van der Waals surface area contributed by atoms with Crippen molar-refractivity contribution in [2.45, 2.75) is 18.3 Å². The number of nitrogens with one attached hydrogen (secondary N) is 1. The summed E-state index contributed by atoms with van der Waals surface area (Å²) in [4.78, 5) is 28.2. The van der Waals surface area contributed by atoms with Crippen molar-refractivity contribution in [1.82, 2.24) is 4.98 Å². The topological polar surface area (TPSA) is 94.4 Å². The van der Waals surface area contributed by atoms with Crippen LogP contribution >= 0.6 is 11.3 Å². The molecule has 2 heterocycles. The Morgan fingerprint density at radius 3 is 2.63 bits per heavy atom. The molecule has 1 fully saturated rings. The first kappa shape index (κ1) is 20.1. The summed E-state index contributed by atoms with van der Waals surface area (Å²) >= 11 is 1.24. The number of hydrogen-bond acceptors (Lipinski definition) is 6. The summed E-state index contributed by atoms with van der Waals surface area (Å²) in [6.07, 6.45) is 0.959. The first-order valence-electron chi connectivity index (χ1n) is 9.33. The van der Waals surface area contributed by atoms with Gasteiger partial charge in [0, 0.05) is 36.3 Å². The van der Waals surface area contributed by atoms with Gasteiger partial charge in [-0.05, 0) is 30.5 Å². The number of nitro groups is 1. The summed E-state index contributed by atoms with van der Waals surface area (Å²) in [6, 6.07) is 12.2. The first-order valence-corrected chi connectivity index (χ1v) is 10.2. The molecule has 1 aromatic heterocycles. The van der Waals surface area contributed by atoms with Crippen LogP contribution in [-0.4, -0.2) is 29.0 Å². The van der Waals surface area contributed by atoms with Crippen LogP contribution in [0.25, 0.3) is 11.3 Å². The van der Waals surface area contributed by atoms with Gasteiger partial charge >= 0.3 is 0 Å². The molecule has 2 aromatic carbocycles. The second kappa shape index (κ2) is 8.29. The van der Waals surface area contributed by atoms with E-state index >= 15 is 0 Å². The fourth-order valence-electron chi connectivity index (χ4n) is 3.59. The van der Waals surface area contributed by atoms with Crippen molar-refractivity contribution in [3.63, 3.8) is 0 Å². The zero-order valence-corrected chi connectivity index (χ0v) is 16.7. The maximum Gasteiger partial charge on any atom is 0.270 e. The van der Waals surface area contributed by atoms with Crippen LogP contribution in [0.5, 0.6) is 0 Å². The standard InChI is InChI=1S/C21H18FN3O4S/c22-16-6-4-15(5-7-16)21(8-10-29-11-9-21)19(26)24-20-23-18(13-30-20)14-2-1-3-17(12-14)25(27)28/h1-7,12-13H,8-11H2,(H,23,24,26). The number of benzene rings is 2. The Labute approximate surface area is 175 Å². The maximum absolute atomic E-state index is 13.4. The molecule has 9 heteroatoms. The predicted octanol–water partition coefficient (Wildman–Crippen LogP) is 4.54. The molecule has 1 amide bonds. The number of nitrogens with zero attached hydrogens (tertiary/aromatic N) is 2. The van der Waals surface area contributed by atoms with Crippen molar-refractivity contribution in [3.8, 4) is 11.3 Å². The summed E-state index contributed by atoms with van der Waals surface area (Å²) in [6.45, 7) is 0.864. The molecule has 4 rings (SSSR count). The second-order valence-electron chi connectivity index (χ2n) is 7.00. The number of hydrogen-bond donors (Lipinski definition) is 1. The van der Waals surface area contributed by atoms with Crippen molar-refractivity contribution in [3.05, 3.63) is 75.4 Å². The lowest BCUT2D eigenvalue weighted by atomic mass is 9.73. The third-order valence-electron chi connectivity index (χ3n) is 5.26. The average molecular weight is 427 g/mol. The number of amides is 1. The number of nitro benzene ring substituents is 1. The van der Waals surface area contributed by atoms with Crippen LogP contribution in [0, 0.1) is 15.9 Å². The monoisotopic (exact) mass is 427 g/mol. The van der Waals surface area contributed by atoms with Crippen molar-refractivity contribution in [2.75, 3.05) is 18.5 Å². The second-order valence-corrected chi connectivity index (χ2v) is 7.86. The van der Waals surface area contributed by atoms with E-state index in [1.165, 1.54) is 35.6 Å². The summed E-state index contributed by atoms with van der Waals surface area (Å²) in [7, 11) is 0. The summed E-state index contributed by atoms with van der Waals surface area (Å²) in [5.41, 5.74) is 1.02. The molecule has 0 bridgehead atoms. The number of carbonyl (C=O) groups is 1. The Morgan fingerprint density at radius 2 is 1.93 bits per heavy atom. The van der Waals surface area contributed by atoms with Crippen LogP contribution in [0.4, 0.5) is 15.2 Å². The van der Waals surface area contributed by atoms with Gasteiger partial charge in [0.25, 0.3) is 5.69 Å². The third kappa shape index (κ3) is 3.94. The molecule has 7 nitrogen and oxygen atoms in total. The van der Waals surface area contributed by atoms with Crippen molar-refractivity contribution in [1.29, 1.82) is 0 Å². The van der Waals surface area contributed by atoms with Crippen molar-refractivity contribution < 1.29 is 18.8 Å². The highest BCUT2D eigenvalue weighted by Crippen LogP contribution is 2.37. The van der Waals surface area contributed by atoms with Crippen LogP contribution in [0.3, 0.4) is 0 Å². The van der Waals surface area contributed by atoms with Crippen LogP contribution < -0.4 is 5.32 Å². The molecule has 1 aliphatic rings. The minimum absolute atomic E-state index is 0.0245. The van der Waals surface area contributed by atoms with E-state index in [0.29, 0.717) is 42.4 Å². The number of ether oxygens (including phenoxy) is 1. The van der Waals surface area contributed by atoms with Crippen LogP contribution in [0.15, 0.2) is 53.9 Å². The van der Waals surface area contributed by atoms with E-state index in [9.17, 15) is 19.3 Å². The van der Waals surface area contributed by atoms with Crippen LogP contribution in [0.2, 0.25) is 0 Å². The highest BCUT2D eigenvalue weighted by molar-refractivity contribution is 7.14. The van der Waals surface area contributed by atoms with Gasteiger partial charge in [-0.3, -0.25) is 14.9 Å². The fraction of sp³-hybridized carbons (Fsp3) is 0.238. The average Bonchev–Trinajstić information content (AvgIpc) is 3.23. The molecule has 1 N–H and O–H groups in total. The Bertz CT molecular complexity index is 1080. The van der Waals surface area contributed by atoms with E-state index in [1.807, 2.05) is 0 Å². The van der Waals surface area contributed by atoms with E-state index in [2.05, 4.69) is 10.3 Å². The lowest BCUT2D eigenvalue weighted by Gasteiger charge is -2.36. The number of anilines is 1. The Balaban J connectivity index is 1.59. The molecule has 1 saturated heterocycles. The molecule has 0 saturated carbocycles. The molecule has 30 heavy (non-hydrogen) atoms. The number of halogens is 1. The minimum atomic E-state index is -0.830. The zero-order chi connectivity index (χ0) is 21.1. The molecule has 3 aromatic rings. The number of carbonyl (C=O) groups excluding carboxylic acids is 1. The summed E-state index contributed by atoms with van der Waals surface area (Å²) < 4.78 is 18.8. The smallest absolute Gasteiger partial charge is 0.270 e. The van der Waals surface area contributed by atoms with E-state index in [0.717, 1.165) is 5.56 Å². The minimum Gasteiger partial charge on any atom is -0.381 e. The maximum atomic E-state index is 13.4. The highest BCUT2D eigenvalue weighted by atomic mass is 32.1. The van der Waals surface area contributed by atoms with Gasteiger partial charge in [-0.25, -0.2) is 9.37 Å². The zero-order valence-electron chi connectivity index (χ0n) is 15.8. The molecule has 0 atom stereocenters. The Hall–Kier alpha value is -3.17. The molecule has 0 unspecified atom stereocenters. The van der Waals surface area contributed by atoms with E-state index in [1.54, 1.807) is 29.6 Å². The summed E-state index contributed by atoms with van der Waals surface area (Å²) in [5.74, 6) is -0.583. The molecule has 0 aliphatic carbocycles. The van der Waals surface area contributed by atoms with Gasteiger partial charge in [0.2, 0.25) is 5.91 Å². The third-order valence-corrected chi connectivity index (χ3v) is 6.01. The lowest BCUT2D eigenvalue weighted by molar-refractivity contribution is -0.384. The van der Waals surface area contributed by atoms with E-state index < -0.39 is 10.3 Å². The van der Waals surface area contributed by atoms with Crippen LogP contribution in [0.1, 0.15) is 18.4 Å². The molecule has 0 spiro atoms. The predicted molar refractivity (Wildman–Crippen MR) is 111 cm³/mol. The molecule has 1 aliphatic heterocycles. The number of aromatic nitrogens is 1. The van der Waals surface area contributed by atoms with Gasteiger partial charge in [0.15, 0.2) is 5.13 Å². The number of thiazole rings is 1. The SMILES string of the molecule is O=C(Nc1nc(-c2cccc([N+](=O)[O-])c2)cs1)C1(c2ccc(F)cc2)CCOCC1. The van der Waals surface area contributed by atoms with Gasteiger partial charge in [-0.15, -0.1) is 11.3 Å². The van der Waals surface area contributed by atoms with Gasteiger partial charge in [-0.2, -0.15) is 0 Å².